The summed E-state index contributed by atoms with van der Waals surface area (Å²) in [5.74, 6) is 0.367. The fourth-order valence-corrected chi connectivity index (χ4v) is 1.60. The van der Waals surface area contributed by atoms with Crippen molar-refractivity contribution in [3.05, 3.63) is 53.7 Å². The Balaban J connectivity index is 1.99. The standard InChI is InChI=1S/C14H15N3O/c1-11-4-3-5-12(10-11)6-7-14(18)15-13-8-9-17(2)16-13/h3-10H,1-2H3,(H,15,16,18)/b7-6+. The maximum Gasteiger partial charge on any atom is 0.249 e. The van der Waals surface area contributed by atoms with E-state index in [9.17, 15) is 4.79 Å². The van der Waals surface area contributed by atoms with Crippen molar-refractivity contribution in [2.24, 2.45) is 7.05 Å². The molecule has 0 aliphatic rings. The minimum atomic E-state index is -0.185. The van der Waals surface area contributed by atoms with E-state index >= 15 is 0 Å². The summed E-state index contributed by atoms with van der Waals surface area (Å²) in [6.07, 6.45) is 5.06. The van der Waals surface area contributed by atoms with Crippen molar-refractivity contribution in [2.45, 2.75) is 6.92 Å². The zero-order valence-electron chi connectivity index (χ0n) is 10.4. The first-order valence-corrected chi connectivity index (χ1v) is 5.69. The van der Waals surface area contributed by atoms with E-state index in [0.717, 1.165) is 5.56 Å². The summed E-state index contributed by atoms with van der Waals surface area (Å²) in [7, 11) is 1.80. The lowest BCUT2D eigenvalue weighted by Gasteiger charge is -1.97. The van der Waals surface area contributed by atoms with Gasteiger partial charge in [-0.25, -0.2) is 0 Å². The number of carbonyl (C=O) groups excluding carboxylic acids is 1. The summed E-state index contributed by atoms with van der Waals surface area (Å²) in [6, 6.07) is 9.71. The van der Waals surface area contributed by atoms with E-state index in [2.05, 4.69) is 10.4 Å². The Bertz CT molecular complexity index is 584. The van der Waals surface area contributed by atoms with Crippen molar-refractivity contribution < 1.29 is 4.79 Å². The maximum absolute atomic E-state index is 11.6. The van der Waals surface area contributed by atoms with Gasteiger partial charge in [0.25, 0.3) is 0 Å². The van der Waals surface area contributed by atoms with Gasteiger partial charge in [-0.1, -0.05) is 29.8 Å². The number of rotatable bonds is 3. The molecule has 2 aromatic rings. The van der Waals surface area contributed by atoms with Crippen LogP contribution in [0.15, 0.2) is 42.6 Å². The van der Waals surface area contributed by atoms with Crippen molar-refractivity contribution in [3.63, 3.8) is 0 Å². The van der Waals surface area contributed by atoms with E-state index in [1.54, 1.807) is 30.1 Å². The molecule has 18 heavy (non-hydrogen) atoms. The van der Waals surface area contributed by atoms with Gasteiger partial charge in [-0.2, -0.15) is 5.10 Å². The van der Waals surface area contributed by atoms with Gasteiger partial charge in [0.05, 0.1) is 0 Å². The summed E-state index contributed by atoms with van der Waals surface area (Å²) in [6.45, 7) is 2.02. The number of carbonyl (C=O) groups is 1. The van der Waals surface area contributed by atoms with Crippen LogP contribution in [0.2, 0.25) is 0 Å². The third-order valence-electron chi connectivity index (χ3n) is 2.43. The van der Waals surface area contributed by atoms with E-state index in [-0.39, 0.29) is 5.91 Å². The highest BCUT2D eigenvalue weighted by Crippen LogP contribution is 2.06. The molecule has 4 heteroatoms. The average molecular weight is 241 g/mol. The molecular formula is C14H15N3O. The van der Waals surface area contributed by atoms with Gasteiger partial charge in [-0.05, 0) is 18.6 Å². The number of hydrogen-bond donors (Lipinski definition) is 1. The first kappa shape index (κ1) is 12.1. The van der Waals surface area contributed by atoms with Gasteiger partial charge in [0.2, 0.25) is 5.91 Å². The van der Waals surface area contributed by atoms with Crippen LogP contribution in [0.3, 0.4) is 0 Å². The second-order valence-electron chi connectivity index (χ2n) is 4.11. The minimum absolute atomic E-state index is 0.185. The van der Waals surface area contributed by atoms with E-state index in [0.29, 0.717) is 5.82 Å². The Kier molecular flexibility index (Phi) is 3.57. The first-order chi connectivity index (χ1) is 8.63. The lowest BCUT2D eigenvalue weighted by Crippen LogP contribution is -2.08. The second kappa shape index (κ2) is 5.31. The molecule has 1 aromatic heterocycles. The van der Waals surface area contributed by atoms with E-state index in [1.807, 2.05) is 31.2 Å². The van der Waals surface area contributed by atoms with Gasteiger partial charge in [-0.3, -0.25) is 9.48 Å². The van der Waals surface area contributed by atoms with Gasteiger partial charge in [0.15, 0.2) is 5.82 Å². The molecule has 0 aliphatic heterocycles. The summed E-state index contributed by atoms with van der Waals surface area (Å²) in [5, 5.41) is 6.76. The third kappa shape index (κ3) is 3.31. The molecule has 92 valence electrons. The Morgan fingerprint density at radius 3 is 2.89 bits per heavy atom. The molecule has 0 spiro atoms. The lowest BCUT2D eigenvalue weighted by molar-refractivity contribution is -0.111. The molecule has 0 atom stereocenters. The molecule has 0 saturated heterocycles. The second-order valence-corrected chi connectivity index (χ2v) is 4.11. The first-order valence-electron chi connectivity index (χ1n) is 5.69. The normalized spacial score (nSPS) is 10.8. The molecule has 1 aromatic carbocycles. The van der Waals surface area contributed by atoms with Gasteiger partial charge in [0.1, 0.15) is 0 Å². The number of amides is 1. The molecule has 0 bridgehead atoms. The molecule has 1 N–H and O–H groups in total. The van der Waals surface area contributed by atoms with Crippen LogP contribution in [-0.4, -0.2) is 15.7 Å². The number of nitrogens with one attached hydrogen (secondary N) is 1. The van der Waals surface area contributed by atoms with Crippen LogP contribution in [0.4, 0.5) is 5.82 Å². The topological polar surface area (TPSA) is 46.9 Å². The number of hydrogen-bond acceptors (Lipinski definition) is 2. The molecule has 0 saturated carbocycles. The molecule has 0 fully saturated rings. The number of aromatic nitrogens is 2. The van der Waals surface area contributed by atoms with Crippen LogP contribution in [0, 0.1) is 6.92 Å². The van der Waals surface area contributed by atoms with Crippen LogP contribution in [0.5, 0.6) is 0 Å². The Morgan fingerprint density at radius 2 is 2.22 bits per heavy atom. The Labute approximate surface area is 106 Å². The Hall–Kier alpha value is -2.36. The van der Waals surface area contributed by atoms with Gasteiger partial charge < -0.3 is 5.32 Å². The van der Waals surface area contributed by atoms with E-state index in [4.69, 9.17) is 0 Å². The third-order valence-corrected chi connectivity index (χ3v) is 2.43. The monoisotopic (exact) mass is 241 g/mol. The van der Waals surface area contributed by atoms with Crippen molar-refractivity contribution in [2.75, 3.05) is 5.32 Å². The van der Waals surface area contributed by atoms with Crippen LogP contribution in [0.1, 0.15) is 11.1 Å². The van der Waals surface area contributed by atoms with E-state index in [1.165, 1.54) is 11.6 Å². The summed E-state index contributed by atoms with van der Waals surface area (Å²) in [5.41, 5.74) is 2.17. The van der Waals surface area contributed by atoms with Crippen molar-refractivity contribution in [3.8, 4) is 0 Å². The molecule has 2 rings (SSSR count). The fraction of sp³-hybridized carbons (Fsp3) is 0.143. The average Bonchev–Trinajstić information content (AvgIpc) is 2.72. The summed E-state index contributed by atoms with van der Waals surface area (Å²) in [4.78, 5) is 11.6. The summed E-state index contributed by atoms with van der Waals surface area (Å²) >= 11 is 0. The fourth-order valence-electron chi connectivity index (χ4n) is 1.60. The Morgan fingerprint density at radius 1 is 1.39 bits per heavy atom. The highest BCUT2D eigenvalue weighted by Gasteiger charge is 1.99. The van der Waals surface area contributed by atoms with Crippen molar-refractivity contribution >= 4 is 17.8 Å². The van der Waals surface area contributed by atoms with Crippen LogP contribution < -0.4 is 5.32 Å². The highest BCUT2D eigenvalue weighted by molar-refractivity contribution is 6.01. The molecular weight excluding hydrogens is 226 g/mol. The van der Waals surface area contributed by atoms with Gasteiger partial charge in [0, 0.05) is 25.4 Å². The number of nitrogens with zero attached hydrogens (tertiary/aromatic N) is 2. The molecule has 4 nitrogen and oxygen atoms in total. The van der Waals surface area contributed by atoms with Crippen LogP contribution in [0.25, 0.3) is 6.08 Å². The van der Waals surface area contributed by atoms with Gasteiger partial charge >= 0.3 is 0 Å². The van der Waals surface area contributed by atoms with Crippen LogP contribution in [-0.2, 0) is 11.8 Å². The molecule has 0 unspecified atom stereocenters. The number of anilines is 1. The predicted octanol–water partition coefficient (Wildman–Crippen LogP) is 2.38. The van der Waals surface area contributed by atoms with Crippen molar-refractivity contribution in [1.29, 1.82) is 0 Å². The molecule has 0 radical (unpaired) electrons. The highest BCUT2D eigenvalue weighted by atomic mass is 16.1. The lowest BCUT2D eigenvalue weighted by atomic mass is 10.1. The van der Waals surface area contributed by atoms with Crippen LogP contribution >= 0.6 is 0 Å². The summed E-state index contributed by atoms with van der Waals surface area (Å²) < 4.78 is 1.64. The van der Waals surface area contributed by atoms with Crippen molar-refractivity contribution in [1.82, 2.24) is 9.78 Å². The molecule has 1 amide bonds. The smallest absolute Gasteiger partial charge is 0.249 e. The quantitative estimate of drug-likeness (QED) is 0.839. The zero-order valence-corrected chi connectivity index (χ0v) is 10.4. The molecule has 1 heterocycles. The number of benzene rings is 1. The largest absolute Gasteiger partial charge is 0.306 e. The number of aryl methyl sites for hydroxylation is 2. The SMILES string of the molecule is Cc1cccc(/C=C/C(=O)Nc2ccn(C)n2)c1. The predicted molar refractivity (Wildman–Crippen MR) is 72.1 cm³/mol. The van der Waals surface area contributed by atoms with E-state index < -0.39 is 0 Å². The maximum atomic E-state index is 11.6. The van der Waals surface area contributed by atoms with Gasteiger partial charge in [-0.15, -0.1) is 0 Å². The zero-order chi connectivity index (χ0) is 13.0. The minimum Gasteiger partial charge on any atom is -0.306 e. The molecule has 0 aliphatic carbocycles.